The van der Waals surface area contributed by atoms with E-state index in [0.717, 1.165) is 5.39 Å². The number of ether oxygens (including phenoxy) is 2. The Kier molecular flexibility index (Phi) is 3.76. The second kappa shape index (κ2) is 6.17. The van der Waals surface area contributed by atoms with Gasteiger partial charge in [0.1, 0.15) is 17.5 Å². The Hall–Kier alpha value is -2.71. The fourth-order valence-corrected chi connectivity index (χ4v) is 3.96. The van der Waals surface area contributed by atoms with Crippen LogP contribution >= 0.6 is 0 Å². The van der Waals surface area contributed by atoms with Crippen molar-refractivity contribution < 1.29 is 18.7 Å². The van der Waals surface area contributed by atoms with Crippen LogP contribution in [0.2, 0.25) is 0 Å². The number of hydrogen-bond acceptors (Lipinski definition) is 6. The first-order chi connectivity index (χ1) is 13.2. The highest BCUT2D eigenvalue weighted by molar-refractivity contribution is 6.02. The monoisotopic (exact) mass is 369 g/mol. The molecule has 2 aromatic heterocycles. The van der Waals surface area contributed by atoms with Gasteiger partial charge in [0, 0.05) is 31.3 Å². The van der Waals surface area contributed by atoms with Gasteiger partial charge < -0.3 is 18.8 Å². The van der Waals surface area contributed by atoms with Gasteiger partial charge in [0.15, 0.2) is 5.79 Å². The molecule has 140 valence electrons. The molecule has 5 rings (SSSR count). The third kappa shape index (κ3) is 2.72. The van der Waals surface area contributed by atoms with Crippen LogP contribution in [0, 0.1) is 0 Å². The molecule has 2 fully saturated rings. The van der Waals surface area contributed by atoms with Crippen molar-refractivity contribution in [3.8, 4) is 0 Å². The summed E-state index contributed by atoms with van der Waals surface area (Å²) in [5.74, 6) is -0.546. The molecule has 1 amide bonds. The minimum atomic E-state index is -0.510. The van der Waals surface area contributed by atoms with E-state index in [-0.39, 0.29) is 12.5 Å². The van der Waals surface area contributed by atoms with E-state index in [1.165, 1.54) is 6.20 Å². The molecule has 0 N–H and O–H groups in total. The van der Waals surface area contributed by atoms with E-state index < -0.39 is 11.4 Å². The maximum atomic E-state index is 12.8. The van der Waals surface area contributed by atoms with Crippen LogP contribution in [-0.4, -0.2) is 52.7 Å². The van der Waals surface area contributed by atoms with Gasteiger partial charge in [-0.25, -0.2) is 4.79 Å². The van der Waals surface area contributed by atoms with Gasteiger partial charge >= 0.3 is 5.63 Å². The standard InChI is InChI=1S/C19H19N3O5/c23-16(21-7-5-19(6-8-21)25-9-10-26-19)12-22-17-13-3-1-2-4-15(13)27-18(24)14(17)11-20-22/h1-4,11H,5-10,12H2. The lowest BCUT2D eigenvalue weighted by atomic mass is 10.0. The van der Waals surface area contributed by atoms with Crippen molar-refractivity contribution in [2.45, 2.75) is 25.2 Å². The lowest BCUT2D eigenvalue weighted by Gasteiger charge is -2.37. The number of benzene rings is 1. The minimum Gasteiger partial charge on any atom is -0.422 e. The summed E-state index contributed by atoms with van der Waals surface area (Å²) in [6.45, 7) is 2.47. The molecule has 27 heavy (non-hydrogen) atoms. The maximum Gasteiger partial charge on any atom is 0.347 e. The molecule has 3 aromatic rings. The Morgan fingerprint density at radius 2 is 1.85 bits per heavy atom. The van der Waals surface area contributed by atoms with E-state index >= 15 is 0 Å². The third-order valence-electron chi connectivity index (χ3n) is 5.38. The zero-order chi connectivity index (χ0) is 18.4. The summed E-state index contributed by atoms with van der Waals surface area (Å²) in [6.07, 6.45) is 2.81. The van der Waals surface area contributed by atoms with Crippen molar-refractivity contribution in [1.82, 2.24) is 14.7 Å². The second-order valence-corrected chi connectivity index (χ2v) is 6.94. The third-order valence-corrected chi connectivity index (χ3v) is 5.38. The van der Waals surface area contributed by atoms with Crippen LogP contribution in [0.25, 0.3) is 21.9 Å². The molecule has 4 heterocycles. The van der Waals surface area contributed by atoms with E-state index in [9.17, 15) is 9.59 Å². The van der Waals surface area contributed by atoms with Crippen LogP contribution in [0.15, 0.2) is 39.7 Å². The number of rotatable bonds is 2. The molecule has 2 aliphatic heterocycles. The highest BCUT2D eigenvalue weighted by atomic mass is 16.7. The zero-order valence-corrected chi connectivity index (χ0v) is 14.7. The first kappa shape index (κ1) is 16.5. The van der Waals surface area contributed by atoms with Crippen LogP contribution in [0.5, 0.6) is 0 Å². The number of nitrogens with zero attached hydrogens (tertiary/aromatic N) is 3. The smallest absolute Gasteiger partial charge is 0.347 e. The van der Waals surface area contributed by atoms with Crippen molar-refractivity contribution in [2.75, 3.05) is 26.3 Å². The number of carbonyl (C=O) groups excluding carboxylic acids is 1. The van der Waals surface area contributed by atoms with E-state index in [1.54, 1.807) is 21.7 Å². The van der Waals surface area contributed by atoms with Gasteiger partial charge in [-0.05, 0) is 12.1 Å². The molecule has 1 aromatic carbocycles. The van der Waals surface area contributed by atoms with Gasteiger partial charge in [-0.1, -0.05) is 12.1 Å². The van der Waals surface area contributed by atoms with Crippen LogP contribution in [0.4, 0.5) is 0 Å². The number of amides is 1. The van der Waals surface area contributed by atoms with Gasteiger partial charge in [-0.3, -0.25) is 9.48 Å². The van der Waals surface area contributed by atoms with E-state index in [2.05, 4.69) is 5.10 Å². The summed E-state index contributed by atoms with van der Waals surface area (Å²) in [6, 6.07) is 7.27. The van der Waals surface area contributed by atoms with Crippen LogP contribution in [0.3, 0.4) is 0 Å². The maximum absolute atomic E-state index is 12.8. The normalized spacial score (nSPS) is 19.3. The van der Waals surface area contributed by atoms with Gasteiger partial charge in [-0.2, -0.15) is 5.10 Å². The topological polar surface area (TPSA) is 86.8 Å². The Labute approximate surface area is 154 Å². The summed E-state index contributed by atoms with van der Waals surface area (Å²) in [7, 11) is 0. The number of fused-ring (bicyclic) bond motifs is 3. The van der Waals surface area contributed by atoms with Crippen LogP contribution in [0.1, 0.15) is 12.8 Å². The Balaban J connectivity index is 1.42. The summed E-state index contributed by atoms with van der Waals surface area (Å²) in [5.41, 5.74) is 0.670. The number of para-hydroxylation sites is 1. The Bertz CT molecular complexity index is 1070. The number of carbonyl (C=O) groups is 1. The predicted molar refractivity (Wildman–Crippen MR) is 96.2 cm³/mol. The first-order valence-electron chi connectivity index (χ1n) is 9.08. The Morgan fingerprint density at radius 1 is 1.11 bits per heavy atom. The fraction of sp³-hybridized carbons (Fsp3) is 0.421. The van der Waals surface area contributed by atoms with Gasteiger partial charge in [-0.15, -0.1) is 0 Å². The van der Waals surface area contributed by atoms with Gasteiger partial charge in [0.2, 0.25) is 5.91 Å². The lowest BCUT2D eigenvalue weighted by Crippen LogP contribution is -2.48. The molecule has 0 atom stereocenters. The van der Waals surface area contributed by atoms with Crippen molar-refractivity contribution in [2.24, 2.45) is 0 Å². The summed E-state index contributed by atoms with van der Waals surface area (Å²) >= 11 is 0. The minimum absolute atomic E-state index is 0.0369. The van der Waals surface area contributed by atoms with Gasteiger partial charge in [0.25, 0.3) is 0 Å². The molecule has 0 unspecified atom stereocenters. The Morgan fingerprint density at radius 3 is 2.63 bits per heavy atom. The average molecular weight is 369 g/mol. The molecule has 0 aliphatic carbocycles. The van der Waals surface area contributed by atoms with Crippen molar-refractivity contribution in [3.05, 3.63) is 40.9 Å². The largest absolute Gasteiger partial charge is 0.422 e. The molecule has 1 spiro atoms. The molecule has 8 nitrogen and oxygen atoms in total. The fourth-order valence-electron chi connectivity index (χ4n) is 3.96. The van der Waals surface area contributed by atoms with E-state index in [4.69, 9.17) is 13.9 Å². The summed E-state index contributed by atoms with van der Waals surface area (Å²) < 4.78 is 18.3. The van der Waals surface area contributed by atoms with Gasteiger partial charge in [0.05, 0.1) is 24.9 Å². The van der Waals surface area contributed by atoms with E-state index in [0.29, 0.717) is 55.6 Å². The molecule has 8 heteroatoms. The molecule has 2 aliphatic rings. The molecule has 2 saturated heterocycles. The van der Waals surface area contributed by atoms with Crippen molar-refractivity contribution >= 4 is 27.8 Å². The van der Waals surface area contributed by atoms with Crippen LogP contribution in [-0.2, 0) is 20.8 Å². The first-order valence-corrected chi connectivity index (χ1v) is 9.08. The summed E-state index contributed by atoms with van der Waals surface area (Å²) in [5, 5.41) is 5.42. The van der Waals surface area contributed by atoms with Crippen molar-refractivity contribution in [1.29, 1.82) is 0 Å². The molecule has 0 bridgehead atoms. The quantitative estimate of drug-likeness (QED) is 0.637. The second-order valence-electron chi connectivity index (χ2n) is 6.94. The number of likely N-dealkylation sites (tertiary alicyclic amines) is 1. The van der Waals surface area contributed by atoms with Crippen LogP contribution < -0.4 is 5.63 Å². The predicted octanol–water partition coefficient (Wildman–Crippen LogP) is 1.51. The molecule has 0 saturated carbocycles. The SMILES string of the molecule is O=C(Cn1ncc2c(=O)oc3ccccc3c21)N1CCC2(CC1)OCCO2. The number of aromatic nitrogens is 2. The van der Waals surface area contributed by atoms with Crippen molar-refractivity contribution in [3.63, 3.8) is 0 Å². The average Bonchev–Trinajstić information content (AvgIpc) is 3.31. The zero-order valence-electron chi connectivity index (χ0n) is 14.7. The number of piperidine rings is 1. The lowest BCUT2D eigenvalue weighted by molar-refractivity contribution is -0.187. The molecular weight excluding hydrogens is 350 g/mol. The van der Waals surface area contributed by atoms with E-state index in [1.807, 2.05) is 12.1 Å². The summed E-state index contributed by atoms with van der Waals surface area (Å²) in [4.78, 5) is 26.8. The highest BCUT2D eigenvalue weighted by Gasteiger charge is 2.40. The molecule has 0 radical (unpaired) electrons. The molecular formula is C19H19N3O5. The highest BCUT2D eigenvalue weighted by Crippen LogP contribution is 2.31. The number of hydrogen-bond donors (Lipinski definition) is 0.